The minimum Gasteiger partial charge on any atom is -0.298 e. The second-order valence-corrected chi connectivity index (χ2v) is 5.88. The summed E-state index contributed by atoms with van der Waals surface area (Å²) in [5.41, 5.74) is 5.93. The quantitative estimate of drug-likeness (QED) is 0.519. The van der Waals surface area contributed by atoms with E-state index in [-0.39, 0.29) is 0 Å². The number of pyridine rings is 2. The lowest BCUT2D eigenvalue weighted by atomic mass is 10.1. The lowest BCUT2D eigenvalue weighted by molar-refractivity contribution is 1.18. The van der Waals surface area contributed by atoms with Crippen molar-refractivity contribution in [2.75, 3.05) is 0 Å². The topological polar surface area (TPSA) is 30.2 Å². The Bertz CT molecular complexity index is 973. The molecule has 4 aromatic rings. The molecule has 0 bridgehead atoms. The smallest absolute Gasteiger partial charge is 0.156 e. The van der Waals surface area contributed by atoms with Crippen LogP contribution in [0.4, 0.5) is 0 Å². The first-order valence-electron chi connectivity index (χ1n) is 7.37. The minimum absolute atomic E-state index is 0.630. The predicted molar refractivity (Wildman–Crippen MR) is 93.6 cm³/mol. The Morgan fingerprint density at radius 1 is 0.870 bits per heavy atom. The molecule has 23 heavy (non-hydrogen) atoms. The van der Waals surface area contributed by atoms with Crippen LogP contribution in [0.3, 0.4) is 0 Å². The standard InChI is InChI=1S/C19H14ClN3/c1-13-7-8-15(10-21-13)16-9-17(20)19-22-11-18(23(19)12-16)14-5-3-2-4-6-14/h2-12H,1H3. The molecular formula is C19H14ClN3. The molecule has 0 saturated heterocycles. The van der Waals surface area contributed by atoms with Crippen molar-refractivity contribution < 1.29 is 0 Å². The summed E-state index contributed by atoms with van der Waals surface area (Å²) < 4.78 is 2.03. The van der Waals surface area contributed by atoms with Gasteiger partial charge in [0.25, 0.3) is 0 Å². The van der Waals surface area contributed by atoms with Crippen molar-refractivity contribution in [3.05, 3.63) is 77.8 Å². The van der Waals surface area contributed by atoms with Gasteiger partial charge in [-0.1, -0.05) is 48.0 Å². The molecule has 112 valence electrons. The largest absolute Gasteiger partial charge is 0.298 e. The van der Waals surface area contributed by atoms with Crippen LogP contribution in [0.2, 0.25) is 5.02 Å². The fourth-order valence-corrected chi connectivity index (χ4v) is 2.92. The highest BCUT2D eigenvalue weighted by atomic mass is 35.5. The molecule has 0 aliphatic carbocycles. The van der Waals surface area contributed by atoms with Crippen molar-refractivity contribution in [2.45, 2.75) is 6.92 Å². The van der Waals surface area contributed by atoms with E-state index in [0.29, 0.717) is 5.02 Å². The van der Waals surface area contributed by atoms with Gasteiger partial charge in [0.15, 0.2) is 5.65 Å². The van der Waals surface area contributed by atoms with E-state index in [1.54, 1.807) is 0 Å². The number of benzene rings is 1. The summed E-state index contributed by atoms with van der Waals surface area (Å²) >= 11 is 6.44. The number of hydrogen-bond donors (Lipinski definition) is 0. The molecule has 0 radical (unpaired) electrons. The van der Waals surface area contributed by atoms with E-state index in [2.05, 4.69) is 34.4 Å². The summed E-state index contributed by atoms with van der Waals surface area (Å²) in [6.07, 6.45) is 5.78. The molecule has 0 saturated carbocycles. The van der Waals surface area contributed by atoms with Crippen LogP contribution in [-0.4, -0.2) is 14.4 Å². The fraction of sp³-hybridized carbons (Fsp3) is 0.0526. The highest BCUT2D eigenvalue weighted by Gasteiger charge is 2.11. The van der Waals surface area contributed by atoms with Gasteiger partial charge < -0.3 is 0 Å². The maximum Gasteiger partial charge on any atom is 0.156 e. The SMILES string of the molecule is Cc1ccc(-c2cc(Cl)c3ncc(-c4ccccc4)n3c2)cn1. The Balaban J connectivity index is 1.93. The van der Waals surface area contributed by atoms with Crippen molar-refractivity contribution in [3.63, 3.8) is 0 Å². The summed E-state index contributed by atoms with van der Waals surface area (Å²) in [6, 6.07) is 16.2. The van der Waals surface area contributed by atoms with E-state index in [1.165, 1.54) is 0 Å². The van der Waals surface area contributed by atoms with Gasteiger partial charge in [-0.15, -0.1) is 0 Å². The highest BCUT2D eigenvalue weighted by Crippen LogP contribution is 2.29. The van der Waals surface area contributed by atoms with Crippen molar-refractivity contribution in [1.29, 1.82) is 0 Å². The number of fused-ring (bicyclic) bond motifs is 1. The number of aromatic nitrogens is 3. The number of aryl methyl sites for hydroxylation is 1. The summed E-state index contributed by atoms with van der Waals surface area (Å²) in [5.74, 6) is 0. The Labute approximate surface area is 139 Å². The van der Waals surface area contributed by atoms with Gasteiger partial charge in [0.1, 0.15) is 0 Å². The molecule has 0 N–H and O–H groups in total. The molecule has 0 atom stereocenters. The van der Waals surface area contributed by atoms with Crippen molar-refractivity contribution in [2.24, 2.45) is 0 Å². The van der Waals surface area contributed by atoms with Gasteiger partial charge in [-0.2, -0.15) is 0 Å². The zero-order chi connectivity index (χ0) is 15.8. The van der Waals surface area contributed by atoms with Crippen molar-refractivity contribution in [3.8, 4) is 22.4 Å². The first kappa shape index (κ1) is 14.0. The summed E-state index contributed by atoms with van der Waals surface area (Å²) in [6.45, 7) is 1.98. The Kier molecular flexibility index (Phi) is 3.36. The van der Waals surface area contributed by atoms with E-state index in [4.69, 9.17) is 11.6 Å². The van der Waals surface area contributed by atoms with Crippen molar-refractivity contribution >= 4 is 17.2 Å². The highest BCUT2D eigenvalue weighted by molar-refractivity contribution is 6.33. The Morgan fingerprint density at radius 3 is 2.43 bits per heavy atom. The van der Waals surface area contributed by atoms with Gasteiger partial charge in [0.2, 0.25) is 0 Å². The summed E-state index contributed by atoms with van der Waals surface area (Å²) in [4.78, 5) is 8.82. The van der Waals surface area contributed by atoms with Crippen LogP contribution in [0.5, 0.6) is 0 Å². The lowest BCUT2D eigenvalue weighted by Gasteiger charge is -2.07. The third-order valence-corrected chi connectivity index (χ3v) is 4.15. The Hall–Kier alpha value is -2.65. The van der Waals surface area contributed by atoms with Crippen LogP contribution in [0, 0.1) is 6.92 Å². The summed E-state index contributed by atoms with van der Waals surface area (Å²) in [7, 11) is 0. The molecule has 0 amide bonds. The second kappa shape index (κ2) is 5.52. The molecule has 0 spiro atoms. The zero-order valence-corrected chi connectivity index (χ0v) is 13.3. The van der Waals surface area contributed by atoms with Gasteiger partial charge in [0.05, 0.1) is 16.9 Å². The third-order valence-electron chi connectivity index (χ3n) is 3.88. The molecule has 4 rings (SSSR count). The number of hydrogen-bond acceptors (Lipinski definition) is 2. The Morgan fingerprint density at radius 2 is 1.70 bits per heavy atom. The van der Waals surface area contributed by atoms with E-state index in [9.17, 15) is 0 Å². The molecule has 0 unspecified atom stereocenters. The van der Waals surface area contributed by atoms with E-state index in [1.807, 2.05) is 54.0 Å². The normalized spacial score (nSPS) is 11.0. The van der Waals surface area contributed by atoms with Crippen LogP contribution >= 0.6 is 11.6 Å². The van der Waals surface area contributed by atoms with Gasteiger partial charge in [-0.3, -0.25) is 9.38 Å². The van der Waals surface area contributed by atoms with Gasteiger partial charge in [-0.25, -0.2) is 4.98 Å². The number of halogens is 1. The molecule has 4 heteroatoms. The average Bonchev–Trinajstić information content (AvgIpc) is 3.01. The zero-order valence-electron chi connectivity index (χ0n) is 12.6. The minimum atomic E-state index is 0.630. The third kappa shape index (κ3) is 2.49. The molecule has 0 fully saturated rings. The maximum absolute atomic E-state index is 6.44. The second-order valence-electron chi connectivity index (χ2n) is 5.47. The molecule has 3 nitrogen and oxygen atoms in total. The average molecular weight is 320 g/mol. The number of rotatable bonds is 2. The van der Waals surface area contributed by atoms with Crippen LogP contribution in [0.15, 0.2) is 67.1 Å². The van der Waals surface area contributed by atoms with Gasteiger partial charge >= 0.3 is 0 Å². The molecule has 1 aromatic carbocycles. The van der Waals surface area contributed by atoms with E-state index < -0.39 is 0 Å². The first-order valence-corrected chi connectivity index (χ1v) is 7.75. The van der Waals surface area contributed by atoms with Crippen LogP contribution in [0.25, 0.3) is 28.0 Å². The molecule has 3 aromatic heterocycles. The van der Waals surface area contributed by atoms with Gasteiger partial charge in [-0.05, 0) is 19.1 Å². The molecule has 0 aliphatic rings. The van der Waals surface area contributed by atoms with E-state index >= 15 is 0 Å². The van der Waals surface area contributed by atoms with Crippen LogP contribution < -0.4 is 0 Å². The van der Waals surface area contributed by atoms with Gasteiger partial charge in [0, 0.05) is 34.8 Å². The first-order chi connectivity index (χ1) is 11.2. The van der Waals surface area contributed by atoms with Crippen LogP contribution in [-0.2, 0) is 0 Å². The predicted octanol–water partition coefficient (Wildman–Crippen LogP) is 5.03. The van der Waals surface area contributed by atoms with Crippen molar-refractivity contribution in [1.82, 2.24) is 14.4 Å². The number of nitrogens with zero attached hydrogens (tertiary/aromatic N) is 3. The van der Waals surface area contributed by atoms with E-state index in [0.717, 1.165) is 33.7 Å². The number of imidazole rings is 1. The van der Waals surface area contributed by atoms with Crippen LogP contribution in [0.1, 0.15) is 5.69 Å². The monoisotopic (exact) mass is 319 g/mol. The molecule has 0 aliphatic heterocycles. The molecule has 3 heterocycles. The lowest BCUT2D eigenvalue weighted by Crippen LogP contribution is -1.92. The fourth-order valence-electron chi connectivity index (χ4n) is 2.66. The maximum atomic E-state index is 6.44. The summed E-state index contributed by atoms with van der Waals surface area (Å²) in [5, 5.41) is 0.630. The molecular weight excluding hydrogens is 306 g/mol.